The largest absolute Gasteiger partial charge is 0.497 e. The van der Waals surface area contributed by atoms with Crippen molar-refractivity contribution in [2.24, 2.45) is 0 Å². The van der Waals surface area contributed by atoms with Crippen LogP contribution in [0.3, 0.4) is 0 Å². The van der Waals surface area contributed by atoms with Gasteiger partial charge < -0.3 is 10.1 Å². The first-order valence-electron chi connectivity index (χ1n) is 7.74. The third kappa shape index (κ3) is 4.60. The first-order chi connectivity index (χ1) is 12.8. The number of alkyl halides is 3. The molecule has 1 heterocycles. The number of anilines is 1. The maximum Gasteiger partial charge on any atom is 0.416 e. The molecule has 0 atom stereocenters. The van der Waals surface area contributed by atoms with Crippen LogP contribution in [0.4, 0.5) is 18.9 Å². The van der Waals surface area contributed by atoms with E-state index in [9.17, 15) is 18.0 Å². The van der Waals surface area contributed by atoms with E-state index in [0.717, 1.165) is 16.9 Å². The second kappa shape index (κ2) is 7.44. The number of hydrogen-bond acceptors (Lipinski definition) is 5. The van der Waals surface area contributed by atoms with E-state index in [4.69, 9.17) is 4.74 Å². The van der Waals surface area contributed by atoms with E-state index in [1.54, 1.807) is 24.3 Å². The Balaban J connectivity index is 1.70. The number of halogens is 3. The Bertz CT molecular complexity index is 955. The molecule has 0 bridgehead atoms. The van der Waals surface area contributed by atoms with Crippen LogP contribution in [0.2, 0.25) is 0 Å². The molecule has 1 aromatic heterocycles. The van der Waals surface area contributed by atoms with Crippen molar-refractivity contribution in [3.8, 4) is 17.1 Å². The minimum absolute atomic E-state index is 0.00437. The molecule has 1 amide bonds. The predicted octanol–water partition coefficient (Wildman–Crippen LogP) is 3.01. The normalized spacial score (nSPS) is 11.3. The second-order valence-electron chi connectivity index (χ2n) is 5.50. The topological polar surface area (TPSA) is 81.9 Å². The second-order valence-corrected chi connectivity index (χ2v) is 5.50. The maximum atomic E-state index is 12.8. The fraction of sp³-hybridized carbons (Fsp3) is 0.176. The number of benzene rings is 2. The van der Waals surface area contributed by atoms with Crippen LogP contribution >= 0.6 is 0 Å². The van der Waals surface area contributed by atoms with Crippen LogP contribution in [0, 0.1) is 0 Å². The van der Waals surface area contributed by atoms with Gasteiger partial charge in [-0.3, -0.25) is 4.79 Å². The molecule has 140 valence electrons. The number of carbonyl (C=O) groups excluding carboxylic acids is 1. The average molecular weight is 377 g/mol. The highest BCUT2D eigenvalue weighted by Gasteiger charge is 2.30. The molecule has 0 unspecified atom stereocenters. The van der Waals surface area contributed by atoms with E-state index >= 15 is 0 Å². The third-order valence-corrected chi connectivity index (χ3v) is 3.54. The zero-order valence-electron chi connectivity index (χ0n) is 14.1. The van der Waals surface area contributed by atoms with Crippen LogP contribution < -0.4 is 10.1 Å². The summed E-state index contributed by atoms with van der Waals surface area (Å²) in [6, 6.07) is 11.3. The van der Waals surface area contributed by atoms with Crippen LogP contribution in [-0.4, -0.2) is 33.2 Å². The summed E-state index contributed by atoms with van der Waals surface area (Å²) in [6.07, 6.45) is -4.47. The van der Waals surface area contributed by atoms with Gasteiger partial charge in [-0.2, -0.15) is 18.0 Å². The molecular formula is C17H14F3N5O2. The van der Waals surface area contributed by atoms with Crippen molar-refractivity contribution in [3.63, 3.8) is 0 Å². The van der Waals surface area contributed by atoms with E-state index in [1.165, 1.54) is 19.2 Å². The van der Waals surface area contributed by atoms with E-state index in [-0.39, 0.29) is 17.9 Å². The van der Waals surface area contributed by atoms with Gasteiger partial charge in [0.25, 0.3) is 0 Å². The number of nitrogens with zero attached hydrogens (tertiary/aromatic N) is 4. The van der Waals surface area contributed by atoms with Crippen molar-refractivity contribution < 1.29 is 22.7 Å². The zero-order chi connectivity index (χ0) is 19.4. The monoisotopic (exact) mass is 377 g/mol. The molecule has 3 rings (SSSR count). The van der Waals surface area contributed by atoms with Gasteiger partial charge in [0, 0.05) is 17.3 Å². The SMILES string of the molecule is COc1cccc(NC(=O)Cn2nnc(-c3cccc(C(F)(F)F)c3)n2)c1. The smallest absolute Gasteiger partial charge is 0.416 e. The molecule has 7 nitrogen and oxygen atoms in total. The first-order valence-corrected chi connectivity index (χ1v) is 7.74. The summed E-state index contributed by atoms with van der Waals surface area (Å²) in [4.78, 5) is 13.1. The molecule has 0 saturated carbocycles. The van der Waals surface area contributed by atoms with Crippen molar-refractivity contribution in [3.05, 3.63) is 54.1 Å². The number of rotatable bonds is 5. The fourth-order valence-electron chi connectivity index (χ4n) is 2.29. The molecule has 3 aromatic rings. The maximum absolute atomic E-state index is 12.8. The van der Waals surface area contributed by atoms with Crippen molar-refractivity contribution in [2.45, 2.75) is 12.7 Å². The lowest BCUT2D eigenvalue weighted by molar-refractivity contribution is -0.137. The summed E-state index contributed by atoms with van der Waals surface area (Å²) in [5.41, 5.74) is -0.131. The summed E-state index contributed by atoms with van der Waals surface area (Å²) >= 11 is 0. The van der Waals surface area contributed by atoms with Gasteiger partial charge in [0.15, 0.2) is 0 Å². The molecule has 1 N–H and O–H groups in total. The Morgan fingerprint density at radius 1 is 1.19 bits per heavy atom. The van der Waals surface area contributed by atoms with Crippen molar-refractivity contribution in [1.82, 2.24) is 20.2 Å². The number of aromatic nitrogens is 4. The van der Waals surface area contributed by atoms with Gasteiger partial charge in [0.2, 0.25) is 11.7 Å². The summed E-state index contributed by atoms with van der Waals surface area (Å²) in [6.45, 7) is -0.247. The van der Waals surface area contributed by atoms with Crippen LogP contribution in [0.15, 0.2) is 48.5 Å². The number of nitrogens with one attached hydrogen (secondary N) is 1. The molecule has 0 radical (unpaired) electrons. The summed E-state index contributed by atoms with van der Waals surface area (Å²) in [7, 11) is 1.51. The highest BCUT2D eigenvalue weighted by Crippen LogP contribution is 2.31. The lowest BCUT2D eigenvalue weighted by atomic mass is 10.1. The van der Waals surface area contributed by atoms with Gasteiger partial charge in [0.05, 0.1) is 12.7 Å². The molecule has 0 aliphatic carbocycles. The fourth-order valence-corrected chi connectivity index (χ4v) is 2.29. The Hall–Kier alpha value is -3.43. The summed E-state index contributed by atoms with van der Waals surface area (Å²) < 4.78 is 43.5. The van der Waals surface area contributed by atoms with Gasteiger partial charge in [0.1, 0.15) is 12.3 Å². The van der Waals surface area contributed by atoms with Gasteiger partial charge in [-0.25, -0.2) is 0 Å². The summed E-state index contributed by atoms with van der Waals surface area (Å²) in [5.74, 6) is 0.157. The molecule has 27 heavy (non-hydrogen) atoms. The zero-order valence-corrected chi connectivity index (χ0v) is 14.1. The lowest BCUT2D eigenvalue weighted by Crippen LogP contribution is -2.20. The van der Waals surface area contributed by atoms with Gasteiger partial charge in [-0.1, -0.05) is 18.2 Å². The highest BCUT2D eigenvalue weighted by atomic mass is 19.4. The van der Waals surface area contributed by atoms with Gasteiger partial charge in [-0.15, -0.1) is 10.2 Å². The Morgan fingerprint density at radius 3 is 2.70 bits per heavy atom. The first kappa shape index (κ1) is 18.4. The minimum atomic E-state index is -4.47. The highest BCUT2D eigenvalue weighted by molar-refractivity contribution is 5.90. The van der Waals surface area contributed by atoms with E-state index in [1.807, 2.05) is 0 Å². The van der Waals surface area contributed by atoms with Crippen molar-refractivity contribution in [2.75, 3.05) is 12.4 Å². The van der Waals surface area contributed by atoms with E-state index < -0.39 is 17.6 Å². The van der Waals surface area contributed by atoms with Crippen molar-refractivity contribution in [1.29, 1.82) is 0 Å². The standard InChI is InChI=1S/C17H14F3N5O2/c1-27-14-7-3-6-13(9-14)21-15(26)10-25-23-16(22-24-25)11-4-2-5-12(8-11)17(18,19)20/h2-9H,10H2,1H3,(H,21,26). The number of carbonyl (C=O) groups is 1. The number of hydrogen-bond donors (Lipinski definition) is 1. The van der Waals surface area contributed by atoms with Gasteiger partial charge >= 0.3 is 6.18 Å². The minimum Gasteiger partial charge on any atom is -0.497 e. The number of methoxy groups -OCH3 is 1. The quantitative estimate of drug-likeness (QED) is 0.739. The number of tetrazole rings is 1. The van der Waals surface area contributed by atoms with E-state index in [2.05, 4.69) is 20.7 Å². The summed E-state index contributed by atoms with van der Waals surface area (Å²) in [5, 5.41) is 14.0. The molecule has 0 spiro atoms. The van der Waals surface area contributed by atoms with Gasteiger partial charge in [-0.05, 0) is 29.5 Å². The number of ether oxygens (including phenoxy) is 1. The molecular weight excluding hydrogens is 363 g/mol. The molecule has 0 aliphatic rings. The molecule has 0 saturated heterocycles. The molecule has 10 heteroatoms. The van der Waals surface area contributed by atoms with Crippen LogP contribution in [0.1, 0.15) is 5.56 Å². The van der Waals surface area contributed by atoms with Crippen LogP contribution in [-0.2, 0) is 17.5 Å². The average Bonchev–Trinajstić information content (AvgIpc) is 3.09. The Labute approximate surface area is 151 Å². The third-order valence-electron chi connectivity index (χ3n) is 3.54. The molecule has 0 aliphatic heterocycles. The molecule has 0 fully saturated rings. The van der Waals surface area contributed by atoms with Crippen molar-refractivity contribution >= 4 is 11.6 Å². The van der Waals surface area contributed by atoms with E-state index in [0.29, 0.717) is 11.4 Å². The molecule has 2 aromatic carbocycles. The predicted molar refractivity (Wildman–Crippen MR) is 89.9 cm³/mol. The lowest BCUT2D eigenvalue weighted by Gasteiger charge is -2.07. The van der Waals surface area contributed by atoms with Crippen LogP contribution in [0.5, 0.6) is 5.75 Å². The van der Waals surface area contributed by atoms with Crippen LogP contribution in [0.25, 0.3) is 11.4 Å². The Morgan fingerprint density at radius 2 is 1.96 bits per heavy atom. The number of amides is 1. The Kier molecular flexibility index (Phi) is 5.06.